The fourth-order valence-corrected chi connectivity index (χ4v) is 4.49. The zero-order valence-electron chi connectivity index (χ0n) is 15.3. The first-order chi connectivity index (χ1) is 12.8. The average Bonchev–Trinajstić information content (AvgIpc) is 3.10. The number of nitrogens with one attached hydrogen (secondary N) is 1. The molecule has 26 heavy (non-hydrogen) atoms. The second-order valence-corrected chi connectivity index (χ2v) is 7.70. The maximum absolute atomic E-state index is 13.2. The molecule has 2 fully saturated rings. The van der Waals surface area contributed by atoms with Crippen LogP contribution in [0.4, 0.5) is 5.69 Å². The number of hydrogen-bond acceptors (Lipinski definition) is 5. The number of anilines is 1. The fourth-order valence-electron chi connectivity index (χ4n) is 4.49. The van der Waals surface area contributed by atoms with E-state index < -0.39 is 0 Å². The van der Waals surface area contributed by atoms with Gasteiger partial charge in [-0.15, -0.1) is 0 Å². The highest BCUT2D eigenvalue weighted by atomic mass is 16.5. The van der Waals surface area contributed by atoms with E-state index in [0.29, 0.717) is 12.5 Å². The van der Waals surface area contributed by atoms with Crippen molar-refractivity contribution in [2.24, 2.45) is 11.8 Å². The standard InChI is InChI=1S/C20H29N3O3/c24-14-17-13-23(12-16(17)11-22-7-9-26-10-8-22)20(25)18-5-1-3-15-4-2-6-21-19(15)18/h1,3,5,16-17,21,24H,2,4,6-14H2/t16-,17-/m1/s1. The van der Waals surface area contributed by atoms with Crippen molar-refractivity contribution in [3.8, 4) is 0 Å². The molecule has 3 aliphatic heterocycles. The van der Waals surface area contributed by atoms with Gasteiger partial charge in [0.1, 0.15) is 0 Å². The maximum Gasteiger partial charge on any atom is 0.255 e. The van der Waals surface area contributed by atoms with Crippen molar-refractivity contribution >= 4 is 11.6 Å². The predicted octanol–water partition coefficient (Wildman–Crippen LogP) is 1.06. The summed E-state index contributed by atoms with van der Waals surface area (Å²) < 4.78 is 5.42. The van der Waals surface area contributed by atoms with Crippen molar-refractivity contribution in [3.05, 3.63) is 29.3 Å². The molecular weight excluding hydrogens is 330 g/mol. The molecule has 0 bridgehead atoms. The van der Waals surface area contributed by atoms with E-state index in [9.17, 15) is 9.90 Å². The number of ether oxygens (including phenoxy) is 1. The smallest absolute Gasteiger partial charge is 0.255 e. The minimum atomic E-state index is 0.0965. The largest absolute Gasteiger partial charge is 0.396 e. The molecule has 0 aliphatic carbocycles. The number of nitrogens with zero attached hydrogens (tertiary/aromatic N) is 2. The van der Waals surface area contributed by atoms with E-state index >= 15 is 0 Å². The molecule has 3 aliphatic rings. The first-order valence-electron chi connectivity index (χ1n) is 9.82. The van der Waals surface area contributed by atoms with Gasteiger partial charge in [0.15, 0.2) is 0 Å². The lowest BCUT2D eigenvalue weighted by molar-refractivity contribution is 0.0264. The molecule has 2 saturated heterocycles. The average molecular weight is 359 g/mol. The van der Waals surface area contributed by atoms with Crippen molar-refractivity contribution in [1.29, 1.82) is 0 Å². The van der Waals surface area contributed by atoms with Gasteiger partial charge in [-0.3, -0.25) is 9.69 Å². The normalized spacial score (nSPS) is 26.4. The number of rotatable bonds is 4. The highest BCUT2D eigenvalue weighted by Gasteiger charge is 2.37. The van der Waals surface area contributed by atoms with E-state index in [4.69, 9.17) is 4.74 Å². The zero-order chi connectivity index (χ0) is 17.9. The molecule has 3 heterocycles. The summed E-state index contributed by atoms with van der Waals surface area (Å²) in [6.45, 7) is 6.82. The minimum Gasteiger partial charge on any atom is -0.396 e. The van der Waals surface area contributed by atoms with Gasteiger partial charge in [-0.2, -0.15) is 0 Å². The summed E-state index contributed by atoms with van der Waals surface area (Å²) in [6.07, 6.45) is 2.14. The van der Waals surface area contributed by atoms with Gasteiger partial charge in [-0.25, -0.2) is 0 Å². The molecule has 1 aromatic carbocycles. The van der Waals surface area contributed by atoms with E-state index in [1.54, 1.807) is 0 Å². The highest BCUT2D eigenvalue weighted by Crippen LogP contribution is 2.30. The number of amides is 1. The van der Waals surface area contributed by atoms with Crippen LogP contribution < -0.4 is 5.32 Å². The Kier molecular flexibility index (Phi) is 5.43. The number of aryl methyl sites for hydroxylation is 1. The topological polar surface area (TPSA) is 65.0 Å². The fraction of sp³-hybridized carbons (Fsp3) is 0.650. The summed E-state index contributed by atoms with van der Waals surface area (Å²) >= 11 is 0. The number of hydrogen-bond donors (Lipinski definition) is 2. The summed E-state index contributed by atoms with van der Waals surface area (Å²) in [5.74, 6) is 0.586. The summed E-state index contributed by atoms with van der Waals surface area (Å²) in [7, 11) is 0. The number of benzene rings is 1. The summed E-state index contributed by atoms with van der Waals surface area (Å²) in [4.78, 5) is 17.5. The van der Waals surface area contributed by atoms with Gasteiger partial charge in [0.2, 0.25) is 0 Å². The number of fused-ring (bicyclic) bond motifs is 1. The number of carbonyl (C=O) groups excluding carboxylic acids is 1. The Labute approximate surface area is 155 Å². The first-order valence-corrected chi connectivity index (χ1v) is 9.82. The molecular formula is C20H29N3O3. The highest BCUT2D eigenvalue weighted by molar-refractivity contribution is 6.00. The second-order valence-electron chi connectivity index (χ2n) is 7.70. The molecule has 6 nitrogen and oxygen atoms in total. The van der Waals surface area contributed by atoms with Gasteiger partial charge >= 0.3 is 0 Å². The molecule has 0 spiro atoms. The number of likely N-dealkylation sites (tertiary alicyclic amines) is 1. The van der Waals surface area contributed by atoms with E-state index in [2.05, 4.69) is 16.3 Å². The zero-order valence-corrected chi connectivity index (χ0v) is 15.3. The van der Waals surface area contributed by atoms with Gasteiger partial charge in [-0.05, 0) is 30.4 Å². The van der Waals surface area contributed by atoms with Crippen molar-refractivity contribution in [2.45, 2.75) is 12.8 Å². The van der Waals surface area contributed by atoms with Crippen molar-refractivity contribution in [1.82, 2.24) is 9.80 Å². The lowest BCUT2D eigenvalue weighted by Gasteiger charge is -2.30. The van der Waals surface area contributed by atoms with Crippen LogP contribution >= 0.6 is 0 Å². The molecule has 1 amide bonds. The van der Waals surface area contributed by atoms with E-state index in [-0.39, 0.29) is 18.4 Å². The van der Waals surface area contributed by atoms with Crippen molar-refractivity contribution in [2.75, 3.05) is 64.4 Å². The third-order valence-corrected chi connectivity index (χ3v) is 6.00. The predicted molar refractivity (Wildman–Crippen MR) is 100 cm³/mol. The molecule has 0 saturated carbocycles. The van der Waals surface area contributed by atoms with Gasteiger partial charge in [0, 0.05) is 51.8 Å². The Balaban J connectivity index is 1.47. The van der Waals surface area contributed by atoms with Crippen molar-refractivity contribution in [3.63, 3.8) is 0 Å². The summed E-state index contributed by atoms with van der Waals surface area (Å²) in [5, 5.41) is 13.3. The molecule has 1 aromatic rings. The molecule has 0 aromatic heterocycles. The lowest BCUT2D eigenvalue weighted by atomic mass is 9.96. The summed E-state index contributed by atoms with van der Waals surface area (Å²) in [5.41, 5.74) is 3.04. The van der Waals surface area contributed by atoms with Crippen LogP contribution in [0.3, 0.4) is 0 Å². The SMILES string of the molecule is O=C(c1cccc2c1NCCC2)N1C[C@@H](CN2CCOCC2)[C@@H](CO)C1. The third kappa shape index (κ3) is 3.59. The van der Waals surface area contributed by atoms with E-state index in [1.807, 2.05) is 17.0 Å². The Morgan fingerprint density at radius 3 is 2.85 bits per heavy atom. The first kappa shape index (κ1) is 17.8. The minimum absolute atomic E-state index is 0.0965. The molecule has 0 unspecified atom stereocenters. The monoisotopic (exact) mass is 359 g/mol. The van der Waals surface area contributed by atoms with E-state index in [1.165, 1.54) is 5.56 Å². The number of carbonyl (C=O) groups is 1. The van der Waals surface area contributed by atoms with Gasteiger partial charge in [-0.1, -0.05) is 12.1 Å². The van der Waals surface area contributed by atoms with E-state index in [0.717, 1.165) is 70.0 Å². The summed E-state index contributed by atoms with van der Waals surface area (Å²) in [6, 6.07) is 6.03. The number of para-hydroxylation sites is 1. The Bertz CT molecular complexity index is 645. The number of morpholine rings is 1. The molecule has 2 N–H and O–H groups in total. The van der Waals surface area contributed by atoms with Crippen LogP contribution in [0.15, 0.2) is 18.2 Å². The molecule has 4 rings (SSSR count). The molecule has 6 heteroatoms. The Morgan fingerprint density at radius 2 is 2.04 bits per heavy atom. The maximum atomic E-state index is 13.2. The van der Waals surface area contributed by atoms with Gasteiger partial charge in [0.25, 0.3) is 5.91 Å². The third-order valence-electron chi connectivity index (χ3n) is 6.00. The van der Waals surface area contributed by atoms with Crippen LogP contribution in [0.5, 0.6) is 0 Å². The van der Waals surface area contributed by atoms with Crippen LogP contribution in [-0.2, 0) is 11.2 Å². The number of aliphatic hydroxyl groups is 1. The van der Waals surface area contributed by atoms with Crippen LogP contribution in [0.1, 0.15) is 22.3 Å². The number of aliphatic hydroxyl groups excluding tert-OH is 1. The van der Waals surface area contributed by atoms with Crippen LogP contribution in [0, 0.1) is 11.8 Å². The molecule has 142 valence electrons. The lowest BCUT2D eigenvalue weighted by Crippen LogP contribution is -2.41. The quantitative estimate of drug-likeness (QED) is 0.842. The molecule has 2 atom stereocenters. The Morgan fingerprint density at radius 1 is 1.23 bits per heavy atom. The Hall–Kier alpha value is -1.63. The van der Waals surface area contributed by atoms with Gasteiger partial charge in [0.05, 0.1) is 24.5 Å². The van der Waals surface area contributed by atoms with Crippen molar-refractivity contribution < 1.29 is 14.6 Å². The van der Waals surface area contributed by atoms with Crippen LogP contribution in [0.25, 0.3) is 0 Å². The van der Waals surface area contributed by atoms with Crippen LogP contribution in [-0.4, -0.2) is 79.9 Å². The van der Waals surface area contributed by atoms with Crippen LogP contribution in [0.2, 0.25) is 0 Å². The van der Waals surface area contributed by atoms with Gasteiger partial charge < -0.3 is 20.1 Å². The second kappa shape index (κ2) is 7.94. The molecule has 0 radical (unpaired) electrons.